The lowest BCUT2D eigenvalue weighted by Crippen LogP contribution is -2.27. The Morgan fingerprint density at radius 2 is 2.00 bits per heavy atom. The summed E-state index contributed by atoms with van der Waals surface area (Å²) in [5.41, 5.74) is 6.04. The van der Waals surface area contributed by atoms with E-state index in [1.165, 1.54) is 11.8 Å². The van der Waals surface area contributed by atoms with Crippen LogP contribution in [0.4, 0.5) is 0 Å². The van der Waals surface area contributed by atoms with Gasteiger partial charge in [-0.05, 0) is 17.7 Å². The Morgan fingerprint density at radius 3 is 2.65 bits per heavy atom. The van der Waals surface area contributed by atoms with E-state index in [0.29, 0.717) is 34.0 Å². The predicted molar refractivity (Wildman–Crippen MR) is 102 cm³/mol. The highest BCUT2D eigenvalue weighted by Gasteiger charge is 2.15. The minimum atomic E-state index is -0.388. The molecule has 0 saturated carbocycles. The first-order valence-electron chi connectivity index (χ1n) is 7.75. The number of hydrogen-bond donors (Lipinski definition) is 1. The van der Waals surface area contributed by atoms with Crippen LogP contribution >= 0.6 is 35.0 Å². The van der Waals surface area contributed by atoms with Gasteiger partial charge in [-0.2, -0.15) is 0 Å². The van der Waals surface area contributed by atoms with Gasteiger partial charge in [0.1, 0.15) is 5.82 Å². The third-order valence-electron chi connectivity index (χ3n) is 3.67. The molecule has 10 heteroatoms. The van der Waals surface area contributed by atoms with Crippen LogP contribution in [0.5, 0.6) is 0 Å². The Balaban J connectivity index is 1.89. The summed E-state index contributed by atoms with van der Waals surface area (Å²) < 4.78 is 1.76. The van der Waals surface area contributed by atoms with Gasteiger partial charge >= 0.3 is 0 Å². The fraction of sp³-hybridized carbons (Fsp3) is 0.375. The summed E-state index contributed by atoms with van der Waals surface area (Å²) in [6.07, 6.45) is 0.631. The number of primary amides is 1. The van der Waals surface area contributed by atoms with Crippen LogP contribution in [0, 0.1) is 0 Å². The topological polar surface area (TPSA) is 94.1 Å². The van der Waals surface area contributed by atoms with Crippen molar-refractivity contribution in [1.82, 2.24) is 19.7 Å². The van der Waals surface area contributed by atoms with Crippen molar-refractivity contribution in [3.8, 4) is 0 Å². The SMILES string of the molecule is CN(Cc1ccc(Cl)c(Cl)c1)C(=O)CSc1nnc(CCC(N)=O)n1C. The molecule has 2 N–H and O–H groups in total. The molecule has 2 amide bonds. The molecule has 0 radical (unpaired) electrons. The third kappa shape index (κ3) is 5.62. The number of halogens is 2. The summed E-state index contributed by atoms with van der Waals surface area (Å²) in [6, 6.07) is 5.28. The molecule has 0 aliphatic heterocycles. The number of aromatic nitrogens is 3. The van der Waals surface area contributed by atoms with Gasteiger partial charge in [-0.1, -0.05) is 41.0 Å². The number of thioether (sulfide) groups is 1. The minimum Gasteiger partial charge on any atom is -0.370 e. The van der Waals surface area contributed by atoms with Gasteiger partial charge in [0, 0.05) is 33.5 Å². The summed E-state index contributed by atoms with van der Waals surface area (Å²) in [5.74, 6) is 0.437. The van der Waals surface area contributed by atoms with E-state index < -0.39 is 0 Å². The van der Waals surface area contributed by atoms with Gasteiger partial charge in [0.05, 0.1) is 15.8 Å². The molecule has 1 aromatic carbocycles. The number of rotatable bonds is 8. The number of aryl methyl sites for hydroxylation is 1. The molecule has 2 aromatic rings. The zero-order valence-corrected chi connectivity index (χ0v) is 16.7. The molecule has 2 rings (SSSR count). The quantitative estimate of drug-likeness (QED) is 0.667. The Kier molecular flexibility index (Phi) is 7.31. The number of carbonyl (C=O) groups is 2. The first-order chi connectivity index (χ1) is 12.3. The van der Waals surface area contributed by atoms with Crippen molar-refractivity contribution in [3.63, 3.8) is 0 Å². The normalized spacial score (nSPS) is 10.8. The van der Waals surface area contributed by atoms with Crippen LogP contribution in [-0.2, 0) is 29.6 Å². The summed E-state index contributed by atoms with van der Waals surface area (Å²) in [5, 5.41) is 9.63. The maximum Gasteiger partial charge on any atom is 0.233 e. The van der Waals surface area contributed by atoms with Crippen LogP contribution < -0.4 is 5.73 Å². The van der Waals surface area contributed by atoms with Crippen molar-refractivity contribution < 1.29 is 9.59 Å². The summed E-state index contributed by atoms with van der Waals surface area (Å²) in [6.45, 7) is 0.430. The number of hydrogen-bond acceptors (Lipinski definition) is 5. The Hall–Kier alpha value is -1.77. The highest BCUT2D eigenvalue weighted by Crippen LogP contribution is 2.23. The molecule has 0 fully saturated rings. The van der Waals surface area contributed by atoms with Crippen LogP contribution in [-0.4, -0.2) is 44.3 Å². The lowest BCUT2D eigenvalue weighted by molar-refractivity contribution is -0.127. The minimum absolute atomic E-state index is 0.0530. The number of amides is 2. The summed E-state index contributed by atoms with van der Waals surface area (Å²) in [4.78, 5) is 24.8. The maximum atomic E-state index is 12.3. The van der Waals surface area contributed by atoms with Crippen molar-refractivity contribution >= 4 is 46.8 Å². The van der Waals surface area contributed by atoms with Crippen molar-refractivity contribution in [2.45, 2.75) is 24.5 Å². The van der Waals surface area contributed by atoms with Gasteiger partial charge in [-0.25, -0.2) is 0 Å². The lowest BCUT2D eigenvalue weighted by Gasteiger charge is -2.17. The highest BCUT2D eigenvalue weighted by atomic mass is 35.5. The Labute approximate surface area is 165 Å². The van der Waals surface area contributed by atoms with Gasteiger partial charge in [0.15, 0.2) is 5.16 Å². The Bertz CT molecular complexity index is 812. The van der Waals surface area contributed by atoms with Crippen molar-refractivity contribution in [3.05, 3.63) is 39.6 Å². The molecule has 0 atom stereocenters. The molecule has 0 aliphatic carbocycles. The molecular formula is C16H19Cl2N5O2S. The van der Waals surface area contributed by atoms with E-state index in [1.54, 1.807) is 35.7 Å². The lowest BCUT2D eigenvalue weighted by atomic mass is 10.2. The van der Waals surface area contributed by atoms with Crippen molar-refractivity contribution in [1.29, 1.82) is 0 Å². The molecule has 0 bridgehead atoms. The van der Waals surface area contributed by atoms with E-state index in [9.17, 15) is 9.59 Å². The van der Waals surface area contributed by atoms with Crippen LogP contribution in [0.1, 0.15) is 17.8 Å². The molecule has 1 aromatic heterocycles. The second-order valence-electron chi connectivity index (χ2n) is 5.71. The molecule has 0 unspecified atom stereocenters. The van der Waals surface area contributed by atoms with E-state index in [1.807, 2.05) is 6.07 Å². The van der Waals surface area contributed by atoms with Crippen LogP contribution in [0.25, 0.3) is 0 Å². The first kappa shape index (κ1) is 20.5. The number of carbonyl (C=O) groups excluding carboxylic acids is 2. The van der Waals surface area contributed by atoms with Crippen molar-refractivity contribution in [2.24, 2.45) is 12.8 Å². The average molecular weight is 416 g/mol. The van der Waals surface area contributed by atoms with E-state index in [0.717, 1.165) is 5.56 Å². The van der Waals surface area contributed by atoms with Crippen LogP contribution in [0.2, 0.25) is 10.0 Å². The van der Waals surface area contributed by atoms with Crippen molar-refractivity contribution in [2.75, 3.05) is 12.8 Å². The molecule has 0 aliphatic rings. The molecule has 7 nitrogen and oxygen atoms in total. The average Bonchev–Trinajstić information content (AvgIpc) is 2.94. The molecule has 26 heavy (non-hydrogen) atoms. The molecule has 0 spiro atoms. The smallest absolute Gasteiger partial charge is 0.233 e. The Morgan fingerprint density at radius 1 is 1.27 bits per heavy atom. The van der Waals surface area contributed by atoms with E-state index in [2.05, 4.69) is 10.2 Å². The second-order valence-corrected chi connectivity index (χ2v) is 7.47. The molecule has 1 heterocycles. The predicted octanol–water partition coefficient (Wildman–Crippen LogP) is 2.29. The summed E-state index contributed by atoms with van der Waals surface area (Å²) >= 11 is 13.2. The zero-order valence-electron chi connectivity index (χ0n) is 14.4. The summed E-state index contributed by atoms with van der Waals surface area (Å²) in [7, 11) is 3.52. The van der Waals surface area contributed by atoms with E-state index >= 15 is 0 Å². The standard InChI is InChI=1S/C16H19Cl2N5O2S/c1-22(8-10-3-4-11(17)12(18)7-10)15(25)9-26-16-21-20-14(23(16)2)6-5-13(19)24/h3-4,7H,5-6,8-9H2,1-2H3,(H2,19,24). The van der Waals surface area contributed by atoms with Gasteiger partial charge in [0.2, 0.25) is 11.8 Å². The molecular weight excluding hydrogens is 397 g/mol. The number of nitrogens with two attached hydrogens (primary N) is 1. The van der Waals surface area contributed by atoms with Gasteiger partial charge in [0.25, 0.3) is 0 Å². The molecule has 140 valence electrons. The first-order valence-corrected chi connectivity index (χ1v) is 9.49. The highest BCUT2D eigenvalue weighted by molar-refractivity contribution is 7.99. The van der Waals surface area contributed by atoms with E-state index in [-0.39, 0.29) is 24.0 Å². The largest absolute Gasteiger partial charge is 0.370 e. The fourth-order valence-electron chi connectivity index (χ4n) is 2.16. The fourth-order valence-corrected chi connectivity index (χ4v) is 3.35. The van der Waals surface area contributed by atoms with Gasteiger partial charge in [-0.3, -0.25) is 9.59 Å². The number of nitrogens with zero attached hydrogens (tertiary/aromatic N) is 4. The monoisotopic (exact) mass is 415 g/mol. The maximum absolute atomic E-state index is 12.3. The molecule has 0 saturated heterocycles. The van der Waals surface area contributed by atoms with Crippen LogP contribution in [0.3, 0.4) is 0 Å². The van der Waals surface area contributed by atoms with Gasteiger partial charge < -0.3 is 15.2 Å². The zero-order chi connectivity index (χ0) is 19.3. The van der Waals surface area contributed by atoms with E-state index in [4.69, 9.17) is 28.9 Å². The number of benzene rings is 1. The van der Waals surface area contributed by atoms with Gasteiger partial charge in [-0.15, -0.1) is 10.2 Å². The second kappa shape index (κ2) is 9.25. The third-order valence-corrected chi connectivity index (χ3v) is 5.42. The van der Waals surface area contributed by atoms with Crippen LogP contribution in [0.15, 0.2) is 23.4 Å².